The average molecular weight is 265 g/mol. The number of rotatable bonds is 1. The quantitative estimate of drug-likeness (QED) is 0.712. The Morgan fingerprint density at radius 1 is 1.50 bits per heavy atom. The van der Waals surface area contributed by atoms with Gasteiger partial charge in [0.1, 0.15) is 0 Å². The van der Waals surface area contributed by atoms with Crippen molar-refractivity contribution in [3.05, 3.63) is 28.8 Å². The highest BCUT2D eigenvalue weighted by molar-refractivity contribution is 7.91. The zero-order valence-electron chi connectivity index (χ0n) is 9.93. The van der Waals surface area contributed by atoms with Crippen LogP contribution < -0.4 is 0 Å². The Hall–Kier alpha value is -1.87. The minimum atomic E-state index is -3.48. The van der Waals surface area contributed by atoms with E-state index in [1.165, 1.54) is 13.2 Å². The van der Waals surface area contributed by atoms with Crippen molar-refractivity contribution in [2.45, 2.75) is 17.7 Å². The number of hydrogen-bond acceptors (Lipinski definition) is 5. The average Bonchev–Trinajstić information content (AvgIpc) is 2.58. The van der Waals surface area contributed by atoms with Gasteiger partial charge in [0.05, 0.1) is 35.3 Å². The van der Waals surface area contributed by atoms with Gasteiger partial charge >= 0.3 is 5.97 Å². The summed E-state index contributed by atoms with van der Waals surface area (Å²) in [6.45, 7) is 1.69. The van der Waals surface area contributed by atoms with Crippen molar-refractivity contribution in [3.63, 3.8) is 0 Å². The summed E-state index contributed by atoms with van der Waals surface area (Å²) in [5.41, 5.74) is 1.30. The molecule has 1 heterocycles. The van der Waals surface area contributed by atoms with Gasteiger partial charge in [-0.05, 0) is 24.1 Å². The molecular formula is C12H11NO4S. The van der Waals surface area contributed by atoms with Crippen molar-refractivity contribution in [1.82, 2.24) is 0 Å². The number of aryl methyl sites for hydroxylation is 1. The maximum absolute atomic E-state index is 11.9. The van der Waals surface area contributed by atoms with E-state index in [0.29, 0.717) is 11.1 Å². The number of nitriles is 1. The third-order valence-corrected chi connectivity index (χ3v) is 4.81. The molecule has 1 atom stereocenters. The minimum absolute atomic E-state index is 0.0695. The van der Waals surface area contributed by atoms with Gasteiger partial charge in [-0.15, -0.1) is 0 Å². The van der Waals surface area contributed by atoms with Crippen LogP contribution in [0.1, 0.15) is 27.4 Å². The molecule has 1 unspecified atom stereocenters. The van der Waals surface area contributed by atoms with Crippen LogP contribution in [0, 0.1) is 18.3 Å². The molecule has 0 bridgehead atoms. The number of ether oxygens (including phenoxy) is 1. The topological polar surface area (TPSA) is 84.2 Å². The molecule has 0 aliphatic carbocycles. The number of fused-ring (bicyclic) bond motifs is 1. The van der Waals surface area contributed by atoms with Crippen LogP contribution in [-0.2, 0) is 14.6 Å². The Morgan fingerprint density at radius 2 is 2.17 bits per heavy atom. The molecule has 94 valence electrons. The summed E-state index contributed by atoms with van der Waals surface area (Å²) in [6.07, 6.45) is 0. The highest BCUT2D eigenvalue weighted by Gasteiger charge is 2.36. The lowest BCUT2D eigenvalue weighted by atomic mass is 9.98. The Morgan fingerprint density at radius 3 is 2.72 bits per heavy atom. The molecule has 0 radical (unpaired) electrons. The lowest BCUT2D eigenvalue weighted by molar-refractivity contribution is 0.0599. The molecule has 0 amide bonds. The molecular weight excluding hydrogens is 254 g/mol. The van der Waals surface area contributed by atoms with Crippen molar-refractivity contribution >= 4 is 15.8 Å². The zero-order chi connectivity index (χ0) is 13.5. The van der Waals surface area contributed by atoms with Gasteiger partial charge in [0.2, 0.25) is 0 Å². The highest BCUT2D eigenvalue weighted by atomic mass is 32.2. The van der Waals surface area contributed by atoms with E-state index >= 15 is 0 Å². The summed E-state index contributed by atoms with van der Waals surface area (Å²) in [6, 6.07) is 4.86. The number of methoxy groups -OCH3 is 1. The Labute approximate surface area is 105 Å². The number of esters is 1. The van der Waals surface area contributed by atoms with Crippen LogP contribution in [0.15, 0.2) is 17.0 Å². The summed E-state index contributed by atoms with van der Waals surface area (Å²) in [4.78, 5) is 11.6. The van der Waals surface area contributed by atoms with Crippen LogP contribution in [0.4, 0.5) is 0 Å². The van der Waals surface area contributed by atoms with E-state index in [-0.39, 0.29) is 16.2 Å². The predicted octanol–water partition coefficient (Wildman–Crippen LogP) is 1.18. The predicted molar refractivity (Wildman–Crippen MR) is 62.9 cm³/mol. The van der Waals surface area contributed by atoms with E-state index in [4.69, 9.17) is 5.26 Å². The fraction of sp³-hybridized carbons (Fsp3) is 0.333. The van der Waals surface area contributed by atoms with Crippen molar-refractivity contribution in [1.29, 1.82) is 5.26 Å². The van der Waals surface area contributed by atoms with Gasteiger partial charge in [-0.2, -0.15) is 5.26 Å². The normalized spacial score (nSPS) is 19.9. The monoisotopic (exact) mass is 265 g/mol. The van der Waals surface area contributed by atoms with Gasteiger partial charge in [-0.25, -0.2) is 13.2 Å². The van der Waals surface area contributed by atoms with E-state index in [9.17, 15) is 13.2 Å². The zero-order valence-corrected chi connectivity index (χ0v) is 10.7. The van der Waals surface area contributed by atoms with Crippen LogP contribution in [0.5, 0.6) is 0 Å². The van der Waals surface area contributed by atoms with E-state index < -0.39 is 21.7 Å². The van der Waals surface area contributed by atoms with Crippen molar-refractivity contribution in [2.24, 2.45) is 0 Å². The molecule has 2 rings (SSSR count). The highest BCUT2D eigenvalue weighted by Crippen LogP contribution is 2.36. The van der Waals surface area contributed by atoms with Gasteiger partial charge in [-0.1, -0.05) is 6.07 Å². The second kappa shape index (κ2) is 4.10. The molecule has 0 saturated heterocycles. The van der Waals surface area contributed by atoms with Crippen LogP contribution >= 0.6 is 0 Å². The lowest BCUT2D eigenvalue weighted by Crippen LogP contribution is -2.06. The number of sulfone groups is 1. The van der Waals surface area contributed by atoms with Gasteiger partial charge in [-0.3, -0.25) is 0 Å². The second-order valence-electron chi connectivity index (χ2n) is 4.16. The number of carbonyl (C=O) groups is 1. The van der Waals surface area contributed by atoms with Gasteiger partial charge in [0.25, 0.3) is 0 Å². The summed E-state index contributed by atoms with van der Waals surface area (Å²) in [5.74, 6) is -1.45. The molecule has 0 aromatic heterocycles. The molecule has 1 aliphatic rings. The maximum atomic E-state index is 11.9. The molecule has 0 spiro atoms. The van der Waals surface area contributed by atoms with Crippen molar-refractivity contribution in [2.75, 3.05) is 12.9 Å². The second-order valence-corrected chi connectivity index (χ2v) is 6.16. The number of benzene rings is 1. The summed E-state index contributed by atoms with van der Waals surface area (Å²) in [7, 11) is -2.24. The SMILES string of the molecule is COC(=O)c1cc2c(cc1C)C(C#N)CS2(=O)=O. The van der Waals surface area contributed by atoms with E-state index in [1.54, 1.807) is 13.0 Å². The summed E-state index contributed by atoms with van der Waals surface area (Å²) in [5, 5.41) is 8.95. The third-order valence-electron chi connectivity index (χ3n) is 3.01. The van der Waals surface area contributed by atoms with E-state index in [2.05, 4.69) is 4.74 Å². The van der Waals surface area contributed by atoms with Gasteiger partial charge < -0.3 is 4.74 Å². The Balaban J connectivity index is 2.71. The first kappa shape index (κ1) is 12.6. The van der Waals surface area contributed by atoms with Gasteiger partial charge in [0, 0.05) is 0 Å². The molecule has 0 N–H and O–H groups in total. The number of carbonyl (C=O) groups excluding carboxylic acids is 1. The fourth-order valence-corrected chi connectivity index (χ4v) is 3.82. The summed E-state index contributed by atoms with van der Waals surface area (Å²) >= 11 is 0. The Kier molecular flexibility index (Phi) is 2.87. The first-order valence-corrected chi connectivity index (χ1v) is 6.91. The van der Waals surface area contributed by atoms with Crippen LogP contribution in [0.25, 0.3) is 0 Å². The van der Waals surface area contributed by atoms with Crippen molar-refractivity contribution < 1.29 is 17.9 Å². The molecule has 1 aliphatic heterocycles. The lowest BCUT2D eigenvalue weighted by Gasteiger charge is -2.07. The van der Waals surface area contributed by atoms with E-state index in [1.807, 2.05) is 6.07 Å². The van der Waals surface area contributed by atoms with Gasteiger partial charge in [0.15, 0.2) is 9.84 Å². The molecule has 5 nitrogen and oxygen atoms in total. The maximum Gasteiger partial charge on any atom is 0.338 e. The molecule has 0 fully saturated rings. The summed E-state index contributed by atoms with van der Waals surface area (Å²) < 4.78 is 28.4. The molecule has 1 aromatic carbocycles. The largest absolute Gasteiger partial charge is 0.465 e. The minimum Gasteiger partial charge on any atom is -0.465 e. The standard InChI is InChI=1S/C12H11NO4S/c1-7-3-10-8(5-13)6-18(15,16)11(10)4-9(7)12(14)17-2/h3-4,8H,6H2,1-2H3. The van der Waals surface area contributed by atoms with E-state index in [0.717, 1.165) is 0 Å². The number of hydrogen-bond donors (Lipinski definition) is 0. The first-order chi connectivity index (χ1) is 8.40. The molecule has 1 aromatic rings. The first-order valence-electron chi connectivity index (χ1n) is 5.26. The van der Waals surface area contributed by atoms with Crippen molar-refractivity contribution in [3.8, 4) is 6.07 Å². The molecule has 0 saturated carbocycles. The fourth-order valence-electron chi connectivity index (χ4n) is 2.09. The van der Waals surface area contributed by atoms with Crippen LogP contribution in [0.3, 0.4) is 0 Å². The number of nitrogens with zero attached hydrogens (tertiary/aromatic N) is 1. The molecule has 18 heavy (non-hydrogen) atoms. The van der Waals surface area contributed by atoms with Crippen LogP contribution in [0.2, 0.25) is 0 Å². The molecule has 6 heteroatoms. The smallest absolute Gasteiger partial charge is 0.338 e. The third kappa shape index (κ3) is 1.77. The Bertz CT molecular complexity index is 670. The van der Waals surface area contributed by atoms with Crippen LogP contribution in [-0.4, -0.2) is 27.2 Å².